The maximum Gasteiger partial charge on any atom is 0.265 e. The minimum Gasteiger partial charge on any atom is -0.480 e. The summed E-state index contributed by atoms with van der Waals surface area (Å²) in [6.07, 6.45) is 1.90. The van der Waals surface area contributed by atoms with Crippen molar-refractivity contribution < 1.29 is 14.3 Å². The number of nitrogens with zero attached hydrogens (tertiary/aromatic N) is 1. The van der Waals surface area contributed by atoms with Crippen LogP contribution in [-0.2, 0) is 4.79 Å². The lowest BCUT2D eigenvalue weighted by molar-refractivity contribution is -0.122. The molecule has 1 N–H and O–H groups in total. The molecule has 0 radical (unpaired) electrons. The number of benzene rings is 3. The average molecular weight is 402 g/mol. The fraction of sp³-hybridized carbons (Fsp3) is 0.280. The summed E-state index contributed by atoms with van der Waals surface area (Å²) in [4.78, 5) is 27.7. The topological polar surface area (TPSA) is 58.6 Å². The Labute approximate surface area is 176 Å². The number of rotatable bonds is 6. The minimum atomic E-state index is -0.661. The number of para-hydroxylation sites is 1. The highest BCUT2D eigenvalue weighted by Crippen LogP contribution is 2.27. The summed E-state index contributed by atoms with van der Waals surface area (Å²) in [5.74, 6) is 0.384. The first-order valence-corrected chi connectivity index (χ1v) is 10.5. The molecule has 1 saturated heterocycles. The van der Waals surface area contributed by atoms with Gasteiger partial charge in [-0.2, -0.15) is 0 Å². The van der Waals surface area contributed by atoms with Gasteiger partial charge in [0, 0.05) is 18.5 Å². The lowest BCUT2D eigenvalue weighted by atomic mass is 10.1. The van der Waals surface area contributed by atoms with E-state index in [4.69, 9.17) is 4.74 Å². The molecule has 154 valence electrons. The second kappa shape index (κ2) is 8.99. The van der Waals surface area contributed by atoms with Crippen LogP contribution in [0.4, 0.5) is 5.69 Å². The van der Waals surface area contributed by atoms with Crippen LogP contribution < -0.4 is 10.1 Å². The summed E-state index contributed by atoms with van der Waals surface area (Å²) < 4.78 is 6.10. The zero-order valence-corrected chi connectivity index (χ0v) is 17.1. The van der Waals surface area contributed by atoms with Gasteiger partial charge >= 0.3 is 0 Å². The molecule has 2 amide bonds. The van der Waals surface area contributed by atoms with Gasteiger partial charge in [0.1, 0.15) is 5.75 Å². The molecule has 4 rings (SSSR count). The van der Waals surface area contributed by atoms with Crippen molar-refractivity contribution in [3.8, 4) is 5.75 Å². The number of carbonyl (C=O) groups excluding carboxylic acids is 2. The van der Waals surface area contributed by atoms with E-state index < -0.39 is 6.10 Å². The van der Waals surface area contributed by atoms with Crippen LogP contribution in [-0.4, -0.2) is 35.9 Å². The molecule has 0 aromatic heterocycles. The quantitative estimate of drug-likeness (QED) is 0.640. The maximum atomic E-state index is 13.0. The van der Waals surface area contributed by atoms with E-state index in [2.05, 4.69) is 5.32 Å². The lowest BCUT2D eigenvalue weighted by Gasteiger charge is -2.21. The summed E-state index contributed by atoms with van der Waals surface area (Å²) in [6.45, 7) is 3.45. The number of carbonyl (C=O) groups is 2. The minimum absolute atomic E-state index is 0.0357. The van der Waals surface area contributed by atoms with E-state index in [-0.39, 0.29) is 11.8 Å². The SMILES string of the molecule is CC[C@H](Oc1cccc2ccccc12)C(=O)Nc1ccccc1C(=O)N1CCCC1. The third kappa shape index (κ3) is 4.15. The molecule has 30 heavy (non-hydrogen) atoms. The highest BCUT2D eigenvalue weighted by Gasteiger charge is 2.24. The van der Waals surface area contributed by atoms with Gasteiger partial charge in [-0.15, -0.1) is 0 Å². The zero-order chi connectivity index (χ0) is 20.9. The van der Waals surface area contributed by atoms with Crippen LogP contribution in [0.25, 0.3) is 10.8 Å². The molecule has 3 aromatic rings. The molecule has 1 atom stereocenters. The second-order valence-corrected chi connectivity index (χ2v) is 7.53. The van der Waals surface area contributed by atoms with E-state index in [0.717, 1.165) is 36.7 Å². The number of amides is 2. The van der Waals surface area contributed by atoms with E-state index in [1.165, 1.54) is 0 Å². The Hall–Kier alpha value is -3.34. The average Bonchev–Trinajstić information content (AvgIpc) is 3.32. The standard InChI is InChI=1S/C25H26N2O3/c1-2-22(30-23-15-9-11-18-10-3-4-12-19(18)23)24(28)26-21-14-6-5-13-20(21)25(29)27-16-7-8-17-27/h3-6,9-15,22H,2,7-8,16-17H2,1H3,(H,26,28)/t22-/m0/s1. The van der Waals surface area contributed by atoms with Gasteiger partial charge in [-0.05, 0) is 42.8 Å². The van der Waals surface area contributed by atoms with Crippen molar-refractivity contribution in [2.45, 2.75) is 32.3 Å². The number of anilines is 1. The number of hydrogen-bond donors (Lipinski definition) is 1. The van der Waals surface area contributed by atoms with Crippen molar-refractivity contribution in [1.29, 1.82) is 0 Å². The summed E-state index contributed by atoms with van der Waals surface area (Å²) in [7, 11) is 0. The van der Waals surface area contributed by atoms with Gasteiger partial charge in [-0.25, -0.2) is 0 Å². The molecule has 0 saturated carbocycles. The summed E-state index contributed by atoms with van der Waals surface area (Å²) in [6, 6.07) is 20.9. The predicted molar refractivity (Wildman–Crippen MR) is 119 cm³/mol. The molecule has 0 bridgehead atoms. The summed E-state index contributed by atoms with van der Waals surface area (Å²) >= 11 is 0. The van der Waals surface area contributed by atoms with Crippen molar-refractivity contribution in [1.82, 2.24) is 4.90 Å². The first-order chi connectivity index (χ1) is 14.7. The monoisotopic (exact) mass is 402 g/mol. The fourth-order valence-corrected chi connectivity index (χ4v) is 3.86. The van der Waals surface area contributed by atoms with E-state index in [1.807, 2.05) is 66.4 Å². The Bertz CT molecular complexity index is 1050. The molecule has 0 spiro atoms. The van der Waals surface area contributed by atoms with E-state index in [9.17, 15) is 9.59 Å². The number of nitrogens with one attached hydrogen (secondary N) is 1. The van der Waals surface area contributed by atoms with E-state index >= 15 is 0 Å². The second-order valence-electron chi connectivity index (χ2n) is 7.53. The van der Waals surface area contributed by atoms with Gasteiger partial charge in [-0.3, -0.25) is 9.59 Å². The molecule has 1 aliphatic rings. The molecule has 0 aliphatic carbocycles. The molecular formula is C25H26N2O3. The van der Waals surface area contributed by atoms with E-state index in [0.29, 0.717) is 23.4 Å². The van der Waals surface area contributed by atoms with Crippen LogP contribution in [0.3, 0.4) is 0 Å². The van der Waals surface area contributed by atoms with Gasteiger partial charge in [0.25, 0.3) is 11.8 Å². The Morgan fingerprint density at radius 1 is 0.967 bits per heavy atom. The molecule has 3 aromatic carbocycles. The summed E-state index contributed by atoms with van der Waals surface area (Å²) in [5.41, 5.74) is 1.05. The molecule has 5 heteroatoms. The smallest absolute Gasteiger partial charge is 0.265 e. The van der Waals surface area contributed by atoms with Crippen molar-refractivity contribution >= 4 is 28.3 Å². The number of ether oxygens (including phenoxy) is 1. The van der Waals surface area contributed by atoms with Gasteiger partial charge < -0.3 is 15.0 Å². The van der Waals surface area contributed by atoms with Crippen LogP contribution in [0.2, 0.25) is 0 Å². The van der Waals surface area contributed by atoms with Crippen LogP contribution >= 0.6 is 0 Å². The number of fused-ring (bicyclic) bond motifs is 1. The van der Waals surface area contributed by atoms with Crippen LogP contribution in [0, 0.1) is 0 Å². The largest absolute Gasteiger partial charge is 0.480 e. The molecule has 0 unspecified atom stereocenters. The number of hydrogen-bond acceptors (Lipinski definition) is 3. The predicted octanol–water partition coefficient (Wildman–Crippen LogP) is 4.87. The third-order valence-corrected chi connectivity index (χ3v) is 5.49. The fourth-order valence-electron chi connectivity index (χ4n) is 3.86. The van der Waals surface area contributed by atoms with Crippen molar-refractivity contribution in [2.24, 2.45) is 0 Å². The Morgan fingerprint density at radius 2 is 1.67 bits per heavy atom. The molecule has 5 nitrogen and oxygen atoms in total. The normalized spacial score (nSPS) is 14.5. The van der Waals surface area contributed by atoms with Crippen molar-refractivity contribution in [2.75, 3.05) is 18.4 Å². The zero-order valence-electron chi connectivity index (χ0n) is 17.1. The van der Waals surface area contributed by atoms with Gasteiger partial charge in [0.15, 0.2) is 6.10 Å². The van der Waals surface area contributed by atoms with Crippen LogP contribution in [0.5, 0.6) is 5.75 Å². The first kappa shape index (κ1) is 20.0. The lowest BCUT2D eigenvalue weighted by Crippen LogP contribution is -2.34. The van der Waals surface area contributed by atoms with Crippen molar-refractivity contribution in [3.05, 3.63) is 72.3 Å². The Kier molecular flexibility index (Phi) is 5.98. The number of likely N-dealkylation sites (tertiary alicyclic amines) is 1. The van der Waals surface area contributed by atoms with Gasteiger partial charge in [0.05, 0.1) is 11.3 Å². The van der Waals surface area contributed by atoms with Crippen LogP contribution in [0.15, 0.2) is 66.7 Å². The summed E-state index contributed by atoms with van der Waals surface area (Å²) in [5, 5.41) is 4.95. The van der Waals surface area contributed by atoms with Gasteiger partial charge in [0.2, 0.25) is 0 Å². The third-order valence-electron chi connectivity index (χ3n) is 5.49. The Balaban J connectivity index is 1.53. The molecule has 1 aliphatic heterocycles. The van der Waals surface area contributed by atoms with Gasteiger partial charge in [-0.1, -0.05) is 55.5 Å². The Morgan fingerprint density at radius 3 is 2.47 bits per heavy atom. The molecular weight excluding hydrogens is 376 g/mol. The maximum absolute atomic E-state index is 13.0. The van der Waals surface area contributed by atoms with E-state index in [1.54, 1.807) is 12.1 Å². The van der Waals surface area contributed by atoms with Crippen molar-refractivity contribution in [3.63, 3.8) is 0 Å². The highest BCUT2D eigenvalue weighted by atomic mass is 16.5. The molecule has 1 fully saturated rings. The first-order valence-electron chi connectivity index (χ1n) is 10.5. The molecule has 1 heterocycles. The highest BCUT2D eigenvalue weighted by molar-refractivity contribution is 6.04. The van der Waals surface area contributed by atoms with Crippen LogP contribution in [0.1, 0.15) is 36.5 Å².